The van der Waals surface area contributed by atoms with Gasteiger partial charge >= 0.3 is 0 Å². The van der Waals surface area contributed by atoms with E-state index in [-0.39, 0.29) is 0 Å². The second-order valence-corrected chi connectivity index (χ2v) is 6.07. The van der Waals surface area contributed by atoms with E-state index < -0.39 is 0 Å². The Morgan fingerprint density at radius 2 is 1.81 bits per heavy atom. The van der Waals surface area contributed by atoms with Crippen LogP contribution in [0.15, 0.2) is 30.3 Å². The van der Waals surface area contributed by atoms with Crippen LogP contribution in [-0.2, 0) is 16.1 Å². The summed E-state index contributed by atoms with van der Waals surface area (Å²) in [6.07, 6.45) is 4.82. The average molecular weight is 289 g/mol. The third-order valence-electron chi connectivity index (χ3n) is 4.28. The number of likely N-dealkylation sites (tertiary alicyclic amines) is 1. The summed E-state index contributed by atoms with van der Waals surface area (Å²) in [4.78, 5) is 14.3. The first-order valence-corrected chi connectivity index (χ1v) is 8.11. The molecule has 1 aromatic carbocycles. The minimum Gasteiger partial charge on any atom is -0.377 e. The molecule has 3 nitrogen and oxygen atoms in total. The number of ether oxygens (including phenoxy) is 1. The summed E-state index contributed by atoms with van der Waals surface area (Å²) in [5.41, 5.74) is 1.20. The highest BCUT2D eigenvalue weighted by Gasteiger charge is 2.30. The number of nitrogens with zero attached hydrogens (tertiary/aromatic N) is 1. The largest absolute Gasteiger partial charge is 0.377 e. The monoisotopic (exact) mass is 289 g/mol. The molecule has 1 saturated heterocycles. The Labute approximate surface area is 128 Å². The van der Waals surface area contributed by atoms with E-state index in [4.69, 9.17) is 4.74 Å². The van der Waals surface area contributed by atoms with Gasteiger partial charge in [-0.05, 0) is 45.1 Å². The lowest BCUT2D eigenvalue weighted by Gasteiger charge is -2.26. The number of benzene rings is 1. The molecule has 21 heavy (non-hydrogen) atoms. The normalized spacial score (nSPS) is 21.7. The number of hydrogen-bond acceptors (Lipinski definition) is 2. The minimum absolute atomic E-state index is 0.315. The quantitative estimate of drug-likeness (QED) is 0.715. The van der Waals surface area contributed by atoms with Crippen LogP contribution in [0.1, 0.15) is 51.5 Å². The van der Waals surface area contributed by atoms with Crippen molar-refractivity contribution in [3.8, 4) is 0 Å². The van der Waals surface area contributed by atoms with Crippen LogP contribution in [-0.4, -0.2) is 29.5 Å². The van der Waals surface area contributed by atoms with Crippen molar-refractivity contribution in [2.45, 2.75) is 64.6 Å². The van der Waals surface area contributed by atoms with Crippen LogP contribution >= 0.6 is 0 Å². The van der Waals surface area contributed by atoms with E-state index in [2.05, 4.69) is 30.9 Å². The SMILES string of the molecule is C[C@H]1CC[C@H](C)N1C(=O)CCCCOCc1ccccc1. The van der Waals surface area contributed by atoms with Crippen molar-refractivity contribution >= 4 is 5.91 Å². The van der Waals surface area contributed by atoms with Gasteiger partial charge in [0.05, 0.1) is 6.61 Å². The number of unbranched alkanes of at least 4 members (excludes halogenated alkanes) is 1. The van der Waals surface area contributed by atoms with Crippen LogP contribution in [0.5, 0.6) is 0 Å². The Balaban J connectivity index is 1.56. The van der Waals surface area contributed by atoms with Crippen LogP contribution in [0, 0.1) is 0 Å². The highest BCUT2D eigenvalue weighted by molar-refractivity contribution is 5.77. The Kier molecular flexibility index (Phi) is 6.24. The van der Waals surface area contributed by atoms with E-state index in [0.29, 0.717) is 31.0 Å². The molecule has 0 spiro atoms. The first-order valence-electron chi connectivity index (χ1n) is 8.11. The van der Waals surface area contributed by atoms with Crippen molar-refractivity contribution in [3.05, 3.63) is 35.9 Å². The Hall–Kier alpha value is -1.35. The minimum atomic E-state index is 0.315. The van der Waals surface area contributed by atoms with E-state index in [9.17, 15) is 4.79 Å². The molecule has 0 N–H and O–H groups in total. The average Bonchev–Trinajstić information content (AvgIpc) is 2.83. The van der Waals surface area contributed by atoms with Gasteiger partial charge in [0, 0.05) is 25.1 Å². The van der Waals surface area contributed by atoms with Gasteiger partial charge in [-0.25, -0.2) is 0 Å². The molecular formula is C18H27NO2. The first-order chi connectivity index (χ1) is 10.2. The predicted molar refractivity (Wildman–Crippen MR) is 85.0 cm³/mol. The van der Waals surface area contributed by atoms with E-state index >= 15 is 0 Å². The molecule has 0 unspecified atom stereocenters. The Bertz CT molecular complexity index is 422. The van der Waals surface area contributed by atoms with Gasteiger partial charge in [-0.3, -0.25) is 4.79 Å². The maximum absolute atomic E-state index is 12.2. The molecular weight excluding hydrogens is 262 g/mol. The fourth-order valence-corrected chi connectivity index (χ4v) is 3.06. The predicted octanol–water partition coefficient (Wildman–Crippen LogP) is 3.77. The van der Waals surface area contributed by atoms with Gasteiger partial charge in [0.15, 0.2) is 0 Å². The zero-order chi connectivity index (χ0) is 15.1. The summed E-state index contributed by atoms with van der Waals surface area (Å²) >= 11 is 0. The molecule has 1 aliphatic rings. The maximum atomic E-state index is 12.2. The van der Waals surface area contributed by atoms with Crippen molar-refractivity contribution in [2.24, 2.45) is 0 Å². The smallest absolute Gasteiger partial charge is 0.223 e. The molecule has 0 saturated carbocycles. The van der Waals surface area contributed by atoms with E-state index in [1.54, 1.807) is 0 Å². The highest BCUT2D eigenvalue weighted by atomic mass is 16.5. The van der Waals surface area contributed by atoms with Gasteiger partial charge in [0.1, 0.15) is 0 Å². The topological polar surface area (TPSA) is 29.5 Å². The molecule has 1 aliphatic heterocycles. The van der Waals surface area contributed by atoms with Crippen molar-refractivity contribution in [2.75, 3.05) is 6.61 Å². The zero-order valence-electron chi connectivity index (χ0n) is 13.3. The zero-order valence-corrected chi connectivity index (χ0v) is 13.3. The molecule has 2 rings (SSSR count). The summed E-state index contributed by atoms with van der Waals surface area (Å²) in [6, 6.07) is 11.0. The van der Waals surface area contributed by atoms with E-state index in [0.717, 1.165) is 32.3 Å². The fraction of sp³-hybridized carbons (Fsp3) is 0.611. The number of amides is 1. The molecule has 2 atom stereocenters. The standard InChI is InChI=1S/C18H27NO2/c1-15-11-12-16(2)19(15)18(20)10-6-7-13-21-14-17-8-4-3-5-9-17/h3-5,8-9,15-16H,6-7,10-14H2,1-2H3/t15-,16-/m0/s1. The maximum Gasteiger partial charge on any atom is 0.223 e. The summed E-state index contributed by atoms with van der Waals surface area (Å²) in [5, 5.41) is 0. The summed E-state index contributed by atoms with van der Waals surface area (Å²) in [6.45, 7) is 5.71. The Morgan fingerprint density at radius 3 is 2.48 bits per heavy atom. The van der Waals surface area contributed by atoms with Gasteiger partial charge in [0.2, 0.25) is 5.91 Å². The van der Waals surface area contributed by atoms with Crippen LogP contribution in [0.25, 0.3) is 0 Å². The molecule has 1 heterocycles. The van der Waals surface area contributed by atoms with Crippen molar-refractivity contribution < 1.29 is 9.53 Å². The number of hydrogen-bond donors (Lipinski definition) is 0. The van der Waals surface area contributed by atoms with Gasteiger partial charge in [-0.2, -0.15) is 0 Å². The number of rotatable bonds is 7. The first kappa shape index (κ1) is 16.0. The van der Waals surface area contributed by atoms with E-state index in [1.807, 2.05) is 18.2 Å². The summed E-state index contributed by atoms with van der Waals surface area (Å²) in [5.74, 6) is 0.315. The van der Waals surface area contributed by atoms with Gasteiger partial charge in [0.25, 0.3) is 0 Å². The molecule has 116 valence electrons. The van der Waals surface area contributed by atoms with Crippen LogP contribution < -0.4 is 0 Å². The summed E-state index contributed by atoms with van der Waals surface area (Å²) in [7, 11) is 0. The molecule has 0 aliphatic carbocycles. The van der Waals surface area contributed by atoms with Crippen molar-refractivity contribution in [1.82, 2.24) is 4.90 Å². The lowest BCUT2D eigenvalue weighted by atomic mass is 10.2. The molecule has 1 amide bonds. The van der Waals surface area contributed by atoms with Crippen LogP contribution in [0.4, 0.5) is 0 Å². The lowest BCUT2D eigenvalue weighted by molar-refractivity contribution is -0.133. The third-order valence-corrected chi connectivity index (χ3v) is 4.28. The van der Waals surface area contributed by atoms with Crippen molar-refractivity contribution in [3.63, 3.8) is 0 Å². The van der Waals surface area contributed by atoms with Crippen LogP contribution in [0.3, 0.4) is 0 Å². The lowest BCUT2D eigenvalue weighted by Crippen LogP contribution is -2.38. The molecule has 0 aromatic heterocycles. The Morgan fingerprint density at radius 1 is 1.14 bits per heavy atom. The van der Waals surface area contributed by atoms with Gasteiger partial charge in [-0.1, -0.05) is 30.3 Å². The van der Waals surface area contributed by atoms with Gasteiger partial charge < -0.3 is 9.64 Å². The molecule has 0 radical (unpaired) electrons. The fourth-order valence-electron chi connectivity index (χ4n) is 3.06. The second-order valence-electron chi connectivity index (χ2n) is 6.07. The number of carbonyl (C=O) groups excluding carboxylic acids is 1. The van der Waals surface area contributed by atoms with Gasteiger partial charge in [-0.15, -0.1) is 0 Å². The second kappa shape index (κ2) is 8.18. The molecule has 3 heteroatoms. The number of carbonyl (C=O) groups is 1. The van der Waals surface area contributed by atoms with E-state index in [1.165, 1.54) is 5.56 Å². The highest BCUT2D eigenvalue weighted by Crippen LogP contribution is 2.24. The molecule has 0 bridgehead atoms. The molecule has 1 fully saturated rings. The third kappa shape index (κ3) is 4.85. The summed E-state index contributed by atoms with van der Waals surface area (Å²) < 4.78 is 5.64. The van der Waals surface area contributed by atoms with Crippen LogP contribution in [0.2, 0.25) is 0 Å². The molecule has 1 aromatic rings. The van der Waals surface area contributed by atoms with Crippen molar-refractivity contribution in [1.29, 1.82) is 0 Å².